The molecular weight excluding hydrogens is 144 g/mol. The highest BCUT2D eigenvalue weighted by atomic mass is 33.1. The maximum Gasteiger partial charge on any atom is 0.210 e. The highest BCUT2D eigenvalue weighted by molar-refractivity contribution is 8.77. The number of Topliss-reactive ketones (excluding diaryl/α,β-unsaturated/α-hetero) is 2. The van der Waals surface area contributed by atoms with Crippen LogP contribution in [0.15, 0.2) is 0 Å². The van der Waals surface area contributed by atoms with E-state index in [4.69, 9.17) is 0 Å². The molecule has 0 aromatic carbocycles. The second-order valence-electron chi connectivity index (χ2n) is 1.37. The van der Waals surface area contributed by atoms with E-state index in [0.717, 1.165) is 0 Å². The average Bonchev–Trinajstić information content (AvgIpc) is 1.77. The molecule has 0 amide bonds. The molecule has 0 atom stereocenters. The quantitative estimate of drug-likeness (QED) is 0.370. The monoisotopic (exact) mass is 148 g/mol. The minimum Gasteiger partial charge on any atom is -0.290 e. The van der Waals surface area contributed by atoms with Crippen molar-refractivity contribution in [1.29, 1.82) is 0 Å². The summed E-state index contributed by atoms with van der Waals surface area (Å²) in [6.07, 6.45) is 0. The summed E-state index contributed by atoms with van der Waals surface area (Å²) in [6.45, 7) is 0. The summed E-state index contributed by atoms with van der Waals surface area (Å²) < 4.78 is 0. The first-order valence-electron chi connectivity index (χ1n) is 2.11. The van der Waals surface area contributed by atoms with E-state index in [1.165, 1.54) is 21.6 Å². The number of carbonyl (C=O) groups is 2. The van der Waals surface area contributed by atoms with Crippen molar-refractivity contribution >= 4 is 33.2 Å². The van der Waals surface area contributed by atoms with Gasteiger partial charge in [0.15, 0.2) is 0 Å². The van der Waals surface area contributed by atoms with Crippen LogP contribution in [0.2, 0.25) is 0 Å². The van der Waals surface area contributed by atoms with E-state index in [-0.39, 0.29) is 11.6 Å². The van der Waals surface area contributed by atoms with Crippen molar-refractivity contribution < 1.29 is 9.59 Å². The molecule has 4 heteroatoms. The Balaban J connectivity index is 2.52. The molecule has 0 bridgehead atoms. The highest BCUT2D eigenvalue weighted by Crippen LogP contribution is 2.25. The molecular formula is C4H4O2S2. The standard InChI is InChI=1S/C4H4O2S2/c5-3-1-7-8-2-4(3)6/h1-2H2. The molecule has 0 aliphatic carbocycles. The first-order chi connectivity index (χ1) is 3.80. The SMILES string of the molecule is O=C1CSSCC1=O. The fraction of sp³-hybridized carbons (Fsp3) is 0.500. The Morgan fingerprint density at radius 1 is 1.00 bits per heavy atom. The molecule has 0 unspecified atom stereocenters. The van der Waals surface area contributed by atoms with Gasteiger partial charge in [-0.25, -0.2) is 0 Å². The predicted octanol–water partition coefficient (Wildman–Crippen LogP) is 0.520. The van der Waals surface area contributed by atoms with E-state index in [1.54, 1.807) is 0 Å². The molecule has 0 N–H and O–H groups in total. The molecule has 1 rings (SSSR count). The molecule has 1 fully saturated rings. The van der Waals surface area contributed by atoms with Crippen molar-refractivity contribution in [3.05, 3.63) is 0 Å². The molecule has 0 aromatic rings. The number of carbonyl (C=O) groups excluding carboxylic acids is 2. The lowest BCUT2D eigenvalue weighted by Gasteiger charge is -2.03. The fourth-order valence-corrected chi connectivity index (χ4v) is 2.20. The first-order valence-corrected chi connectivity index (χ1v) is 4.60. The highest BCUT2D eigenvalue weighted by Gasteiger charge is 2.18. The summed E-state index contributed by atoms with van der Waals surface area (Å²) >= 11 is 0. The van der Waals surface area contributed by atoms with Crippen molar-refractivity contribution in [3.63, 3.8) is 0 Å². The molecule has 1 saturated heterocycles. The van der Waals surface area contributed by atoms with Crippen LogP contribution >= 0.6 is 21.6 Å². The minimum atomic E-state index is -0.228. The van der Waals surface area contributed by atoms with E-state index in [9.17, 15) is 9.59 Å². The Bertz CT molecular complexity index is 116. The van der Waals surface area contributed by atoms with Gasteiger partial charge in [-0.15, -0.1) is 0 Å². The van der Waals surface area contributed by atoms with Crippen molar-refractivity contribution in [2.45, 2.75) is 0 Å². The number of hydrogen-bond acceptors (Lipinski definition) is 4. The Morgan fingerprint density at radius 3 is 1.62 bits per heavy atom. The molecule has 2 nitrogen and oxygen atoms in total. The molecule has 0 saturated carbocycles. The molecule has 8 heavy (non-hydrogen) atoms. The zero-order chi connectivity index (χ0) is 5.98. The second kappa shape index (κ2) is 2.55. The van der Waals surface area contributed by atoms with Gasteiger partial charge in [0.2, 0.25) is 11.6 Å². The summed E-state index contributed by atoms with van der Waals surface area (Å²) in [6, 6.07) is 0. The molecule has 1 aliphatic heterocycles. The smallest absolute Gasteiger partial charge is 0.210 e. The predicted molar refractivity (Wildman–Crippen MR) is 34.9 cm³/mol. The van der Waals surface area contributed by atoms with Crippen LogP contribution in [0, 0.1) is 0 Å². The summed E-state index contributed by atoms with van der Waals surface area (Å²) in [5.74, 6) is 0.273. The number of ketones is 2. The largest absolute Gasteiger partial charge is 0.290 e. The zero-order valence-corrected chi connectivity index (χ0v) is 5.68. The van der Waals surface area contributed by atoms with E-state index < -0.39 is 0 Å². The third-order valence-electron chi connectivity index (χ3n) is 0.774. The summed E-state index contributed by atoms with van der Waals surface area (Å²) in [4.78, 5) is 20.8. The Hall–Kier alpha value is 0.0400. The zero-order valence-electron chi connectivity index (χ0n) is 4.05. The molecule has 0 aromatic heterocycles. The van der Waals surface area contributed by atoms with E-state index in [2.05, 4.69) is 0 Å². The summed E-state index contributed by atoms with van der Waals surface area (Å²) in [5.41, 5.74) is 0. The molecule has 0 radical (unpaired) electrons. The number of rotatable bonds is 0. The van der Waals surface area contributed by atoms with Crippen LogP contribution in [0.3, 0.4) is 0 Å². The molecule has 0 spiro atoms. The lowest BCUT2D eigenvalue weighted by atomic mass is 10.3. The van der Waals surface area contributed by atoms with Gasteiger partial charge in [0.25, 0.3) is 0 Å². The van der Waals surface area contributed by atoms with Crippen LogP contribution < -0.4 is 0 Å². The first kappa shape index (κ1) is 6.16. The Kier molecular flexibility index (Phi) is 1.96. The van der Waals surface area contributed by atoms with E-state index in [0.29, 0.717) is 11.5 Å². The fourth-order valence-electron chi connectivity index (χ4n) is 0.351. The third kappa shape index (κ3) is 1.26. The molecule has 44 valence electrons. The average molecular weight is 148 g/mol. The van der Waals surface area contributed by atoms with Gasteiger partial charge < -0.3 is 0 Å². The van der Waals surface area contributed by atoms with Gasteiger partial charge in [-0.2, -0.15) is 0 Å². The van der Waals surface area contributed by atoms with Crippen LogP contribution in [-0.4, -0.2) is 23.1 Å². The maximum absolute atomic E-state index is 10.4. The van der Waals surface area contributed by atoms with Crippen molar-refractivity contribution in [3.8, 4) is 0 Å². The summed E-state index contributed by atoms with van der Waals surface area (Å²) in [7, 11) is 2.91. The van der Waals surface area contributed by atoms with Gasteiger partial charge in [-0.3, -0.25) is 9.59 Å². The summed E-state index contributed by atoms with van der Waals surface area (Å²) in [5, 5.41) is 0. The van der Waals surface area contributed by atoms with Crippen LogP contribution in [-0.2, 0) is 9.59 Å². The minimum absolute atomic E-state index is 0.228. The van der Waals surface area contributed by atoms with Crippen molar-refractivity contribution in [2.75, 3.05) is 11.5 Å². The van der Waals surface area contributed by atoms with E-state index in [1.807, 2.05) is 0 Å². The van der Waals surface area contributed by atoms with Crippen LogP contribution in [0.4, 0.5) is 0 Å². The second-order valence-corrected chi connectivity index (χ2v) is 3.83. The van der Waals surface area contributed by atoms with Gasteiger partial charge >= 0.3 is 0 Å². The van der Waals surface area contributed by atoms with Gasteiger partial charge in [-0.1, -0.05) is 21.6 Å². The molecule has 1 aliphatic rings. The maximum atomic E-state index is 10.4. The number of hydrogen-bond donors (Lipinski definition) is 0. The van der Waals surface area contributed by atoms with Gasteiger partial charge in [0.1, 0.15) is 0 Å². The van der Waals surface area contributed by atoms with Crippen LogP contribution in [0.1, 0.15) is 0 Å². The Morgan fingerprint density at radius 2 is 1.38 bits per heavy atom. The van der Waals surface area contributed by atoms with E-state index >= 15 is 0 Å². The lowest BCUT2D eigenvalue weighted by molar-refractivity contribution is -0.133. The lowest BCUT2D eigenvalue weighted by Crippen LogP contribution is -2.20. The normalized spacial score (nSPS) is 21.5. The molecule has 1 heterocycles. The van der Waals surface area contributed by atoms with Crippen molar-refractivity contribution in [2.24, 2.45) is 0 Å². The van der Waals surface area contributed by atoms with Crippen molar-refractivity contribution in [1.82, 2.24) is 0 Å². The third-order valence-corrected chi connectivity index (χ3v) is 2.91. The van der Waals surface area contributed by atoms with Gasteiger partial charge in [0, 0.05) is 0 Å². The van der Waals surface area contributed by atoms with Gasteiger partial charge in [-0.05, 0) is 0 Å². The van der Waals surface area contributed by atoms with Crippen LogP contribution in [0.25, 0.3) is 0 Å². The topological polar surface area (TPSA) is 34.1 Å². The van der Waals surface area contributed by atoms with Gasteiger partial charge in [0.05, 0.1) is 11.5 Å². The Labute approximate surface area is 54.8 Å². The van der Waals surface area contributed by atoms with Crippen LogP contribution in [0.5, 0.6) is 0 Å².